The lowest BCUT2D eigenvalue weighted by Crippen LogP contribution is -1.97. The summed E-state index contributed by atoms with van der Waals surface area (Å²) >= 11 is 15.9. The van der Waals surface area contributed by atoms with Gasteiger partial charge in [-0.05, 0) is 58.2 Å². The van der Waals surface area contributed by atoms with E-state index in [1.54, 1.807) is 6.07 Å². The highest BCUT2D eigenvalue weighted by atomic mass is 79.9. The first-order valence-corrected chi connectivity index (χ1v) is 7.65. The molecular weight excluding hydrogens is 366 g/mol. The Hall–Kier alpha value is -0.770. The van der Waals surface area contributed by atoms with Crippen molar-refractivity contribution in [1.29, 1.82) is 0 Å². The predicted molar refractivity (Wildman–Crippen MR) is 84.4 cm³/mol. The topological polar surface area (TPSA) is 9.23 Å². The Labute approximate surface area is 135 Å². The molecule has 5 heteroatoms. The maximum Gasteiger partial charge on any atom is 0.133 e. The number of rotatable bonds is 4. The molecule has 0 aliphatic heterocycles. The average Bonchev–Trinajstić information content (AvgIpc) is 2.40. The normalized spacial score (nSPS) is 12.2. The molecule has 2 rings (SSSR count). The summed E-state index contributed by atoms with van der Waals surface area (Å²) in [5.74, 6) is 0.376. The lowest BCUT2D eigenvalue weighted by molar-refractivity contribution is 0.338. The van der Waals surface area contributed by atoms with E-state index in [1.165, 1.54) is 12.1 Å². The summed E-state index contributed by atoms with van der Waals surface area (Å²) in [4.78, 5) is 0. The van der Waals surface area contributed by atoms with Crippen molar-refractivity contribution in [2.45, 2.75) is 12.3 Å². The zero-order valence-corrected chi connectivity index (χ0v) is 13.8. The lowest BCUT2D eigenvalue weighted by Gasteiger charge is -2.14. The lowest BCUT2D eigenvalue weighted by atomic mass is 10.0. The van der Waals surface area contributed by atoms with E-state index in [9.17, 15) is 4.39 Å². The molecule has 0 spiro atoms. The first-order chi connectivity index (χ1) is 9.52. The van der Waals surface area contributed by atoms with E-state index in [0.29, 0.717) is 17.2 Å². The summed E-state index contributed by atoms with van der Waals surface area (Å²) in [7, 11) is 0. The van der Waals surface area contributed by atoms with E-state index < -0.39 is 5.38 Å². The highest BCUT2D eigenvalue weighted by molar-refractivity contribution is 9.10. The molecule has 1 nitrogen and oxygen atoms in total. The number of halogens is 4. The van der Waals surface area contributed by atoms with Crippen LogP contribution in [-0.4, -0.2) is 6.61 Å². The van der Waals surface area contributed by atoms with Gasteiger partial charge in [-0.3, -0.25) is 0 Å². The largest absolute Gasteiger partial charge is 0.493 e. The van der Waals surface area contributed by atoms with Gasteiger partial charge >= 0.3 is 0 Å². The third kappa shape index (κ3) is 3.46. The van der Waals surface area contributed by atoms with Gasteiger partial charge in [0.25, 0.3) is 0 Å². The molecule has 0 heterocycles. The van der Waals surface area contributed by atoms with E-state index in [-0.39, 0.29) is 5.82 Å². The minimum Gasteiger partial charge on any atom is -0.493 e. The SMILES string of the molecule is CCOc1ccc(C(Cl)c2ccc(F)cc2Cl)cc1Br. The van der Waals surface area contributed by atoms with Crippen molar-refractivity contribution in [3.05, 3.63) is 62.8 Å². The van der Waals surface area contributed by atoms with Gasteiger partial charge in [0, 0.05) is 5.02 Å². The second-order valence-corrected chi connectivity index (χ2v) is 5.85. The fraction of sp³-hybridized carbons (Fsp3) is 0.200. The van der Waals surface area contributed by atoms with Crippen LogP contribution in [-0.2, 0) is 0 Å². The summed E-state index contributed by atoms with van der Waals surface area (Å²) in [5.41, 5.74) is 1.53. The van der Waals surface area contributed by atoms with Gasteiger partial charge in [-0.15, -0.1) is 11.6 Å². The number of hydrogen-bond donors (Lipinski definition) is 0. The standard InChI is InChI=1S/C15H12BrCl2FO/c1-2-20-14-6-3-9(7-12(14)16)15(18)11-5-4-10(19)8-13(11)17/h3-8,15H,2H2,1H3. The molecule has 2 aromatic rings. The Morgan fingerprint density at radius 1 is 1.25 bits per heavy atom. The Kier molecular flexibility index (Phi) is 5.30. The zero-order chi connectivity index (χ0) is 14.7. The Morgan fingerprint density at radius 2 is 2.00 bits per heavy atom. The molecule has 0 aliphatic rings. The molecule has 0 aliphatic carbocycles. The number of alkyl halides is 1. The van der Waals surface area contributed by atoms with Crippen LogP contribution in [0.4, 0.5) is 4.39 Å². The summed E-state index contributed by atoms with van der Waals surface area (Å²) in [6.45, 7) is 2.51. The molecule has 0 fully saturated rings. The van der Waals surface area contributed by atoms with Gasteiger partial charge in [-0.25, -0.2) is 4.39 Å². The van der Waals surface area contributed by atoms with Crippen molar-refractivity contribution < 1.29 is 9.13 Å². The minimum atomic E-state index is -0.449. The fourth-order valence-electron chi connectivity index (χ4n) is 1.83. The highest BCUT2D eigenvalue weighted by Crippen LogP contribution is 2.37. The smallest absolute Gasteiger partial charge is 0.133 e. The van der Waals surface area contributed by atoms with Crippen molar-refractivity contribution in [2.75, 3.05) is 6.61 Å². The molecule has 106 valence electrons. The monoisotopic (exact) mass is 376 g/mol. The quantitative estimate of drug-likeness (QED) is 0.596. The molecule has 0 saturated heterocycles. The zero-order valence-electron chi connectivity index (χ0n) is 10.7. The van der Waals surface area contributed by atoms with Crippen LogP contribution in [0.25, 0.3) is 0 Å². The van der Waals surface area contributed by atoms with E-state index in [1.807, 2.05) is 25.1 Å². The highest BCUT2D eigenvalue weighted by Gasteiger charge is 2.16. The maximum atomic E-state index is 13.1. The third-order valence-corrected chi connectivity index (χ3v) is 4.22. The van der Waals surface area contributed by atoms with Crippen molar-refractivity contribution in [2.24, 2.45) is 0 Å². The maximum absolute atomic E-state index is 13.1. The van der Waals surface area contributed by atoms with Crippen molar-refractivity contribution >= 4 is 39.1 Å². The van der Waals surface area contributed by atoms with Crippen LogP contribution in [0.3, 0.4) is 0 Å². The van der Waals surface area contributed by atoms with Crippen LogP contribution in [0.1, 0.15) is 23.4 Å². The van der Waals surface area contributed by atoms with Crippen LogP contribution in [0.2, 0.25) is 5.02 Å². The molecular formula is C15H12BrCl2FO. The second kappa shape index (κ2) is 6.79. The average molecular weight is 378 g/mol. The van der Waals surface area contributed by atoms with Gasteiger partial charge in [0.1, 0.15) is 11.6 Å². The Morgan fingerprint density at radius 3 is 2.60 bits per heavy atom. The molecule has 2 aromatic carbocycles. The van der Waals surface area contributed by atoms with Gasteiger partial charge in [-0.1, -0.05) is 23.7 Å². The van der Waals surface area contributed by atoms with Crippen LogP contribution >= 0.6 is 39.1 Å². The van der Waals surface area contributed by atoms with Crippen molar-refractivity contribution in [3.63, 3.8) is 0 Å². The van der Waals surface area contributed by atoms with Gasteiger partial charge in [-0.2, -0.15) is 0 Å². The van der Waals surface area contributed by atoms with E-state index in [0.717, 1.165) is 15.8 Å². The summed E-state index contributed by atoms with van der Waals surface area (Å²) in [6.07, 6.45) is 0. The second-order valence-electron chi connectivity index (χ2n) is 4.15. The van der Waals surface area contributed by atoms with Gasteiger partial charge in [0.15, 0.2) is 0 Å². The Balaban J connectivity index is 2.33. The summed E-state index contributed by atoms with van der Waals surface area (Å²) < 4.78 is 19.3. The predicted octanol–water partition coefficient (Wildman–Crippen LogP) is 5.97. The molecule has 20 heavy (non-hydrogen) atoms. The van der Waals surface area contributed by atoms with Crippen molar-refractivity contribution in [3.8, 4) is 5.75 Å². The third-order valence-electron chi connectivity index (χ3n) is 2.78. The van der Waals surface area contributed by atoms with Crippen LogP contribution in [0.5, 0.6) is 5.75 Å². The molecule has 0 aromatic heterocycles. The fourth-order valence-corrected chi connectivity index (χ4v) is 3.00. The molecule has 0 amide bonds. The molecule has 0 bridgehead atoms. The van der Waals surface area contributed by atoms with Crippen LogP contribution < -0.4 is 4.74 Å². The molecule has 1 unspecified atom stereocenters. The van der Waals surface area contributed by atoms with Crippen LogP contribution in [0.15, 0.2) is 40.9 Å². The number of benzene rings is 2. The number of hydrogen-bond acceptors (Lipinski definition) is 1. The minimum absolute atomic E-state index is 0.315. The first kappa shape index (κ1) is 15.6. The van der Waals surface area contributed by atoms with Crippen LogP contribution in [0, 0.1) is 5.82 Å². The number of ether oxygens (including phenoxy) is 1. The van der Waals surface area contributed by atoms with E-state index >= 15 is 0 Å². The van der Waals surface area contributed by atoms with Crippen molar-refractivity contribution in [1.82, 2.24) is 0 Å². The van der Waals surface area contributed by atoms with E-state index in [2.05, 4.69) is 15.9 Å². The van der Waals surface area contributed by atoms with Gasteiger partial charge < -0.3 is 4.74 Å². The first-order valence-electron chi connectivity index (χ1n) is 6.04. The molecule has 1 atom stereocenters. The van der Waals surface area contributed by atoms with Gasteiger partial charge in [0.2, 0.25) is 0 Å². The summed E-state index contributed by atoms with van der Waals surface area (Å²) in [6, 6.07) is 9.79. The molecule has 0 N–H and O–H groups in total. The molecule has 0 radical (unpaired) electrons. The Bertz CT molecular complexity index is 619. The molecule has 0 saturated carbocycles. The summed E-state index contributed by atoms with van der Waals surface area (Å²) in [5, 5.41) is -0.134. The van der Waals surface area contributed by atoms with Gasteiger partial charge in [0.05, 0.1) is 16.5 Å². The van der Waals surface area contributed by atoms with E-state index in [4.69, 9.17) is 27.9 Å².